The molecule has 7 nitrogen and oxygen atoms in total. The van der Waals surface area contributed by atoms with Crippen molar-refractivity contribution in [3.63, 3.8) is 0 Å². The quantitative estimate of drug-likeness (QED) is 0.604. The molecule has 1 atom stereocenters. The Hall–Kier alpha value is -3.59. The number of hydrogen-bond acceptors (Lipinski definition) is 4. The van der Waals surface area contributed by atoms with Crippen LogP contribution < -0.4 is 10.1 Å². The first-order valence-corrected chi connectivity index (χ1v) is 10.8. The molecule has 2 aromatic carbocycles. The number of amides is 4. The van der Waals surface area contributed by atoms with E-state index in [1.54, 1.807) is 53.4 Å². The van der Waals surface area contributed by atoms with E-state index >= 15 is 0 Å². The molecule has 1 aliphatic heterocycles. The number of thiazole rings is 1. The minimum atomic E-state index is -1.25. The highest BCUT2D eigenvalue weighted by molar-refractivity contribution is 7.07. The van der Waals surface area contributed by atoms with E-state index in [2.05, 4.69) is 10.3 Å². The van der Waals surface area contributed by atoms with Crippen molar-refractivity contribution in [1.29, 1.82) is 0 Å². The zero-order valence-electron chi connectivity index (χ0n) is 17.5. The number of halogens is 1. The van der Waals surface area contributed by atoms with E-state index in [1.165, 1.54) is 17.4 Å². The third-order valence-electron chi connectivity index (χ3n) is 5.38. The number of carbonyl (C=O) groups is 3. The molecule has 2 heterocycles. The fourth-order valence-electron chi connectivity index (χ4n) is 3.52. The lowest BCUT2D eigenvalue weighted by Crippen LogP contribution is -2.41. The summed E-state index contributed by atoms with van der Waals surface area (Å²) < 4.78 is 15.6. The van der Waals surface area contributed by atoms with Crippen molar-refractivity contribution in [2.75, 3.05) is 6.54 Å². The Morgan fingerprint density at radius 2 is 1.88 bits per heavy atom. The van der Waals surface area contributed by atoms with Crippen LogP contribution in [0.3, 0.4) is 0 Å². The van der Waals surface area contributed by atoms with Crippen molar-refractivity contribution >= 4 is 29.2 Å². The Morgan fingerprint density at radius 1 is 1.16 bits per heavy atom. The van der Waals surface area contributed by atoms with Crippen molar-refractivity contribution < 1.29 is 18.8 Å². The second-order valence-corrected chi connectivity index (χ2v) is 8.60. The van der Waals surface area contributed by atoms with E-state index in [9.17, 15) is 18.8 Å². The summed E-state index contributed by atoms with van der Waals surface area (Å²) in [7, 11) is 0. The smallest absolute Gasteiger partial charge is 0.319 e. The molecule has 4 rings (SSSR count). The molecule has 0 aliphatic carbocycles. The number of aromatic nitrogens is 1. The summed E-state index contributed by atoms with van der Waals surface area (Å²) >= 11 is 1.21. The summed E-state index contributed by atoms with van der Waals surface area (Å²) in [6.45, 7) is 3.26. The Bertz CT molecular complexity index is 1260. The molecule has 32 heavy (non-hydrogen) atoms. The fraction of sp³-hybridized carbons (Fsp3) is 0.217. The summed E-state index contributed by atoms with van der Waals surface area (Å²) in [6, 6.07) is 13.0. The highest BCUT2D eigenvalue weighted by Gasteiger charge is 2.49. The van der Waals surface area contributed by atoms with Crippen LogP contribution in [0, 0.1) is 12.7 Å². The first kappa shape index (κ1) is 21.6. The van der Waals surface area contributed by atoms with Gasteiger partial charge in [0, 0.05) is 17.1 Å². The Balaban J connectivity index is 1.53. The maximum atomic E-state index is 14.0. The molecule has 0 bridgehead atoms. The van der Waals surface area contributed by atoms with Gasteiger partial charge in [0.2, 0.25) is 0 Å². The van der Waals surface area contributed by atoms with Crippen molar-refractivity contribution in [2.45, 2.75) is 25.9 Å². The first-order chi connectivity index (χ1) is 15.3. The number of hydrogen-bond donors (Lipinski definition) is 1. The van der Waals surface area contributed by atoms with Gasteiger partial charge in [0.25, 0.3) is 11.8 Å². The predicted octanol–water partition coefficient (Wildman–Crippen LogP) is 2.94. The molecule has 1 saturated heterocycles. The first-order valence-electron chi connectivity index (χ1n) is 9.94. The minimum Gasteiger partial charge on any atom is -0.319 e. The van der Waals surface area contributed by atoms with Crippen molar-refractivity contribution in [1.82, 2.24) is 14.8 Å². The van der Waals surface area contributed by atoms with Gasteiger partial charge in [-0.1, -0.05) is 48.0 Å². The highest BCUT2D eigenvalue weighted by atomic mass is 32.1. The van der Waals surface area contributed by atoms with Crippen LogP contribution in [0.2, 0.25) is 0 Å². The van der Waals surface area contributed by atoms with Crippen molar-refractivity contribution in [3.05, 3.63) is 87.4 Å². The van der Waals surface area contributed by atoms with Gasteiger partial charge in [-0.15, -0.1) is 11.3 Å². The molecule has 164 valence electrons. The van der Waals surface area contributed by atoms with E-state index in [4.69, 9.17) is 0 Å². The molecule has 9 heteroatoms. The van der Waals surface area contributed by atoms with Crippen LogP contribution in [-0.4, -0.2) is 33.9 Å². The molecular weight excluding hydrogens is 431 g/mol. The molecule has 3 aromatic rings. The molecule has 1 N–H and O–H groups in total. The zero-order valence-corrected chi connectivity index (χ0v) is 18.4. The maximum Gasteiger partial charge on any atom is 0.325 e. The number of rotatable bonds is 5. The van der Waals surface area contributed by atoms with Crippen LogP contribution in [0.1, 0.15) is 23.6 Å². The SMILES string of the molecule is Cc1ccc(C2(C)NC(=O)N(CC(=O)N=c3sccn3Cc3ccccc3F)C2=O)cc1. The summed E-state index contributed by atoms with van der Waals surface area (Å²) in [5, 5.41) is 4.41. The molecular formula is C23H21FN4O3S. The van der Waals surface area contributed by atoms with Gasteiger partial charge >= 0.3 is 6.03 Å². The lowest BCUT2D eigenvalue weighted by atomic mass is 9.91. The zero-order chi connectivity index (χ0) is 22.9. The number of benzene rings is 2. The third kappa shape index (κ3) is 4.11. The lowest BCUT2D eigenvalue weighted by Gasteiger charge is -2.22. The second-order valence-electron chi connectivity index (χ2n) is 7.72. The monoisotopic (exact) mass is 452 g/mol. The van der Waals surface area contributed by atoms with Crippen molar-refractivity contribution in [3.8, 4) is 0 Å². The molecule has 1 fully saturated rings. The molecule has 0 radical (unpaired) electrons. The molecule has 0 saturated carbocycles. The average molecular weight is 453 g/mol. The minimum absolute atomic E-state index is 0.205. The van der Waals surface area contributed by atoms with Gasteiger partial charge in [-0.05, 0) is 25.5 Å². The van der Waals surface area contributed by atoms with Crippen LogP contribution in [0.4, 0.5) is 9.18 Å². The van der Waals surface area contributed by atoms with Gasteiger partial charge in [0.15, 0.2) is 4.80 Å². The third-order valence-corrected chi connectivity index (χ3v) is 6.17. The Kier molecular flexibility index (Phi) is 5.75. The van der Waals surface area contributed by atoms with Gasteiger partial charge in [0.1, 0.15) is 17.9 Å². The molecule has 1 aromatic heterocycles. The highest BCUT2D eigenvalue weighted by Crippen LogP contribution is 2.28. The molecule has 0 spiro atoms. The summed E-state index contributed by atoms with van der Waals surface area (Å²) in [5.74, 6) is -1.51. The molecule has 1 aliphatic rings. The number of nitrogens with one attached hydrogen (secondary N) is 1. The van der Waals surface area contributed by atoms with Crippen LogP contribution in [0.25, 0.3) is 0 Å². The largest absolute Gasteiger partial charge is 0.325 e. The summed E-state index contributed by atoms with van der Waals surface area (Å²) in [4.78, 5) is 43.4. The van der Waals surface area contributed by atoms with Gasteiger partial charge in [-0.2, -0.15) is 4.99 Å². The van der Waals surface area contributed by atoms with Crippen LogP contribution >= 0.6 is 11.3 Å². The second kappa shape index (κ2) is 8.51. The molecule has 1 unspecified atom stereocenters. The lowest BCUT2D eigenvalue weighted by molar-refractivity contribution is -0.134. The van der Waals surface area contributed by atoms with E-state index in [0.717, 1.165) is 10.5 Å². The number of aryl methyl sites for hydroxylation is 1. The van der Waals surface area contributed by atoms with E-state index in [0.29, 0.717) is 15.9 Å². The normalized spacial score (nSPS) is 18.8. The van der Waals surface area contributed by atoms with E-state index in [-0.39, 0.29) is 12.4 Å². The molecule has 4 amide bonds. The Morgan fingerprint density at radius 3 is 2.59 bits per heavy atom. The number of urea groups is 1. The van der Waals surface area contributed by atoms with Gasteiger partial charge in [0.05, 0.1) is 6.54 Å². The van der Waals surface area contributed by atoms with Crippen LogP contribution in [0.15, 0.2) is 65.1 Å². The fourth-order valence-corrected chi connectivity index (χ4v) is 4.26. The standard InChI is InChI=1S/C23H21FN4O3S/c1-15-7-9-17(10-8-15)23(2)20(30)28(21(31)26-23)14-19(29)25-22-27(11-12-32-22)13-16-5-3-4-6-18(16)24/h3-12H,13-14H2,1-2H3,(H,26,31). The Labute approximate surface area is 187 Å². The number of nitrogens with zero attached hydrogens (tertiary/aromatic N) is 3. The number of carbonyl (C=O) groups excluding carboxylic acids is 3. The van der Waals surface area contributed by atoms with Crippen molar-refractivity contribution in [2.24, 2.45) is 4.99 Å². The summed E-state index contributed by atoms with van der Waals surface area (Å²) in [6.07, 6.45) is 1.70. The average Bonchev–Trinajstić information content (AvgIpc) is 3.27. The van der Waals surface area contributed by atoms with Crippen LogP contribution in [-0.2, 0) is 21.7 Å². The summed E-state index contributed by atoms with van der Waals surface area (Å²) in [5.41, 5.74) is 0.871. The van der Waals surface area contributed by atoms with Crippen LogP contribution in [0.5, 0.6) is 0 Å². The maximum absolute atomic E-state index is 14.0. The predicted molar refractivity (Wildman–Crippen MR) is 117 cm³/mol. The van der Waals surface area contributed by atoms with Gasteiger partial charge < -0.3 is 9.88 Å². The van der Waals surface area contributed by atoms with Gasteiger partial charge in [-0.3, -0.25) is 14.5 Å². The van der Waals surface area contributed by atoms with E-state index < -0.39 is 29.9 Å². The van der Waals surface area contributed by atoms with E-state index in [1.807, 2.05) is 19.1 Å². The number of imide groups is 1. The topological polar surface area (TPSA) is 83.8 Å². The van der Waals surface area contributed by atoms with Gasteiger partial charge in [-0.25, -0.2) is 9.18 Å².